The molecule has 0 N–H and O–H groups in total. The van der Waals surface area contributed by atoms with E-state index in [0.29, 0.717) is 0 Å². The molecular formula is C3H7PS. The van der Waals surface area contributed by atoms with Crippen molar-refractivity contribution in [2.45, 2.75) is 6.92 Å². The fourth-order valence-corrected chi connectivity index (χ4v) is 0.707. The van der Waals surface area contributed by atoms with Gasteiger partial charge in [0, 0.05) is 0 Å². The van der Waals surface area contributed by atoms with Gasteiger partial charge in [0.25, 0.3) is 0 Å². The van der Waals surface area contributed by atoms with Gasteiger partial charge >= 0.3 is 0 Å². The molecule has 1 atom stereocenters. The van der Waals surface area contributed by atoms with Gasteiger partial charge in [-0.1, -0.05) is 14.5 Å². The van der Waals surface area contributed by atoms with Crippen LogP contribution in [0.4, 0.5) is 0 Å². The molecule has 0 nitrogen and oxygen atoms in total. The fourth-order valence-electron chi connectivity index (χ4n) is 0.0786. The van der Waals surface area contributed by atoms with Crippen molar-refractivity contribution < 1.29 is 0 Å². The molecule has 0 saturated carbocycles. The van der Waals surface area contributed by atoms with Crippen LogP contribution in [0.3, 0.4) is 0 Å². The van der Waals surface area contributed by atoms with Crippen molar-refractivity contribution in [3.63, 3.8) is 0 Å². The third-order valence-corrected chi connectivity index (χ3v) is 1.12. The predicted molar refractivity (Wildman–Crippen MR) is 32.1 cm³/mol. The van der Waals surface area contributed by atoms with E-state index in [4.69, 9.17) is 0 Å². The average molecular weight is 106 g/mol. The quantitative estimate of drug-likeness (QED) is 0.461. The number of rotatable bonds is 1. The molecule has 0 aromatic rings. The minimum atomic E-state index is 1.64. The van der Waals surface area contributed by atoms with Gasteiger partial charge in [-0.25, -0.2) is 0 Å². The Balaban J connectivity index is 2.62. The van der Waals surface area contributed by atoms with Crippen LogP contribution < -0.4 is 0 Å². The van der Waals surface area contributed by atoms with Gasteiger partial charge in [0.2, 0.25) is 0 Å². The van der Waals surface area contributed by atoms with Crippen LogP contribution in [0.25, 0.3) is 0 Å². The zero-order valence-corrected chi connectivity index (χ0v) is 5.11. The Morgan fingerprint density at radius 2 is 2.40 bits per heavy atom. The van der Waals surface area contributed by atoms with Crippen LogP contribution in [0.5, 0.6) is 0 Å². The van der Waals surface area contributed by atoms with E-state index < -0.39 is 0 Å². The van der Waals surface area contributed by atoms with Crippen LogP contribution in [0, 0.1) is 0 Å². The molecule has 0 saturated heterocycles. The van der Waals surface area contributed by atoms with Gasteiger partial charge < -0.3 is 0 Å². The highest BCUT2D eigenvalue weighted by molar-refractivity contribution is 8.45. The second kappa shape index (κ2) is 4.52. The highest BCUT2D eigenvalue weighted by Crippen LogP contribution is 2.09. The molecule has 0 radical (unpaired) electrons. The lowest BCUT2D eigenvalue weighted by atomic mass is 10.8. The van der Waals surface area contributed by atoms with Crippen molar-refractivity contribution in [3.8, 4) is 0 Å². The first-order chi connectivity index (χ1) is 2.41. The number of hydrogen-bond donors (Lipinski definition) is 0. The zero-order chi connectivity index (χ0) is 4.12. The molecule has 0 aliphatic rings. The largest absolute Gasteiger partial charge is 0.114 e. The van der Waals surface area contributed by atoms with Crippen LogP contribution in [0.1, 0.15) is 6.92 Å². The molecule has 0 heterocycles. The molecule has 0 aromatic heterocycles. The molecule has 30 valence electrons. The normalized spacial score (nSPS) is 10.0. The summed E-state index contributed by atoms with van der Waals surface area (Å²) in [5.74, 6) is 0. The summed E-state index contributed by atoms with van der Waals surface area (Å²) < 4.78 is 0. The third-order valence-electron chi connectivity index (χ3n) is 0.215. The van der Waals surface area contributed by atoms with E-state index in [1.54, 1.807) is 11.4 Å². The SMILES string of the molecule is CC=CSP. The molecule has 0 fully saturated rings. The van der Waals surface area contributed by atoms with Gasteiger partial charge in [-0.2, -0.15) is 0 Å². The Bertz CT molecular complexity index is 33.9. The monoisotopic (exact) mass is 106 g/mol. The molecule has 0 aliphatic carbocycles. The Morgan fingerprint density at radius 1 is 1.80 bits per heavy atom. The highest BCUT2D eigenvalue weighted by atomic mass is 32.7. The summed E-state index contributed by atoms with van der Waals surface area (Å²) >= 11 is 1.64. The molecule has 5 heavy (non-hydrogen) atoms. The minimum absolute atomic E-state index is 1.64. The van der Waals surface area contributed by atoms with Gasteiger partial charge in [-0.3, -0.25) is 0 Å². The maximum atomic E-state index is 2.53. The van der Waals surface area contributed by atoms with Crippen molar-refractivity contribution in [3.05, 3.63) is 11.5 Å². The lowest BCUT2D eigenvalue weighted by Gasteiger charge is -1.65. The average Bonchev–Trinajstić information content (AvgIpc) is 1.41. The number of hydrogen-bond acceptors (Lipinski definition) is 1. The van der Waals surface area contributed by atoms with Crippen molar-refractivity contribution in [2.75, 3.05) is 0 Å². The van der Waals surface area contributed by atoms with E-state index in [9.17, 15) is 0 Å². The Hall–Kier alpha value is 0.520. The van der Waals surface area contributed by atoms with Gasteiger partial charge in [0.05, 0.1) is 0 Å². The molecular weight excluding hydrogens is 99.1 g/mol. The van der Waals surface area contributed by atoms with Gasteiger partial charge in [-0.05, 0) is 12.3 Å². The van der Waals surface area contributed by atoms with E-state index in [-0.39, 0.29) is 0 Å². The Morgan fingerprint density at radius 3 is 2.40 bits per heavy atom. The topological polar surface area (TPSA) is 0 Å². The molecule has 0 bridgehead atoms. The Labute approximate surface area is 39.0 Å². The van der Waals surface area contributed by atoms with Crippen LogP contribution in [0.15, 0.2) is 11.5 Å². The molecule has 0 spiro atoms. The van der Waals surface area contributed by atoms with Crippen molar-refractivity contribution >= 4 is 19.8 Å². The summed E-state index contributed by atoms with van der Waals surface area (Å²) in [6.45, 7) is 2.00. The second-order valence-corrected chi connectivity index (χ2v) is 1.97. The summed E-state index contributed by atoms with van der Waals surface area (Å²) in [6, 6.07) is 0. The molecule has 0 aromatic carbocycles. The smallest absolute Gasteiger partial charge is 0.0296 e. The minimum Gasteiger partial charge on any atom is -0.114 e. The number of allylic oxidation sites excluding steroid dienone is 1. The predicted octanol–water partition coefficient (Wildman–Crippen LogP) is 2.04. The molecule has 1 unspecified atom stereocenters. The summed E-state index contributed by atoms with van der Waals surface area (Å²) in [5, 5.41) is 2.00. The van der Waals surface area contributed by atoms with E-state index in [1.807, 2.05) is 18.4 Å². The van der Waals surface area contributed by atoms with Crippen molar-refractivity contribution in [1.29, 1.82) is 0 Å². The maximum Gasteiger partial charge on any atom is -0.0296 e. The van der Waals surface area contributed by atoms with Crippen molar-refractivity contribution in [1.82, 2.24) is 0 Å². The molecule has 0 aliphatic heterocycles. The van der Waals surface area contributed by atoms with Gasteiger partial charge in [0.1, 0.15) is 0 Å². The summed E-state index contributed by atoms with van der Waals surface area (Å²) in [5.41, 5.74) is 0. The maximum absolute atomic E-state index is 2.53. The van der Waals surface area contributed by atoms with Gasteiger partial charge in [0.15, 0.2) is 0 Å². The fraction of sp³-hybridized carbons (Fsp3) is 0.333. The lowest BCUT2D eigenvalue weighted by molar-refractivity contribution is 1.79. The standard InChI is InChI=1S/C3H7PS/c1-2-3-5-4/h2-3H,4H2,1H3. The summed E-state index contributed by atoms with van der Waals surface area (Å²) in [7, 11) is 2.53. The Kier molecular flexibility index (Phi) is 4.99. The van der Waals surface area contributed by atoms with Crippen molar-refractivity contribution in [2.24, 2.45) is 0 Å². The van der Waals surface area contributed by atoms with Gasteiger partial charge in [-0.15, -0.1) is 11.4 Å². The third kappa shape index (κ3) is 4.52. The molecule has 2 heteroatoms. The first-order valence-corrected chi connectivity index (χ1v) is 3.74. The van der Waals surface area contributed by atoms with Crippen LogP contribution in [-0.2, 0) is 0 Å². The van der Waals surface area contributed by atoms with E-state index >= 15 is 0 Å². The first-order valence-electron chi connectivity index (χ1n) is 1.38. The highest BCUT2D eigenvalue weighted by Gasteiger charge is 1.51. The molecule has 0 amide bonds. The van der Waals surface area contributed by atoms with Crippen LogP contribution >= 0.6 is 19.8 Å². The van der Waals surface area contributed by atoms with E-state index in [2.05, 4.69) is 8.44 Å². The summed E-state index contributed by atoms with van der Waals surface area (Å²) in [6.07, 6.45) is 2.00. The van der Waals surface area contributed by atoms with E-state index in [1.165, 1.54) is 0 Å². The lowest BCUT2D eigenvalue weighted by Crippen LogP contribution is -1.26. The summed E-state index contributed by atoms with van der Waals surface area (Å²) in [4.78, 5) is 0. The van der Waals surface area contributed by atoms with E-state index in [0.717, 1.165) is 0 Å². The molecule has 0 rings (SSSR count). The zero-order valence-electron chi connectivity index (χ0n) is 3.14. The van der Waals surface area contributed by atoms with Crippen LogP contribution in [0.2, 0.25) is 0 Å². The second-order valence-electron chi connectivity index (χ2n) is 0.605. The first kappa shape index (κ1) is 5.52. The van der Waals surface area contributed by atoms with Crippen LogP contribution in [-0.4, -0.2) is 0 Å².